The third-order valence-corrected chi connectivity index (χ3v) is 0.997. The maximum atomic E-state index is 9.89. The molecule has 54 valence electrons. The van der Waals surface area contributed by atoms with Crippen LogP contribution in [0.3, 0.4) is 0 Å². The van der Waals surface area contributed by atoms with E-state index in [4.69, 9.17) is 5.11 Å². The van der Waals surface area contributed by atoms with Crippen LogP contribution < -0.4 is 0 Å². The van der Waals surface area contributed by atoms with E-state index in [-0.39, 0.29) is 5.76 Å². The molecule has 1 heterocycles. The van der Waals surface area contributed by atoms with Gasteiger partial charge in [-0.1, -0.05) is 0 Å². The van der Waals surface area contributed by atoms with Crippen molar-refractivity contribution in [1.82, 2.24) is 0 Å². The minimum Gasteiger partial charge on any atom is -0.459 e. The number of aliphatic hydroxyl groups is 1. The molecule has 0 radical (unpaired) electrons. The van der Waals surface area contributed by atoms with E-state index in [1.54, 1.807) is 0 Å². The number of hydrogen-bond acceptors (Lipinski definition) is 4. The van der Waals surface area contributed by atoms with Gasteiger partial charge >= 0.3 is 6.23 Å². The van der Waals surface area contributed by atoms with Crippen molar-refractivity contribution in [3.05, 3.63) is 34.3 Å². The molecule has 0 aromatic carbocycles. The van der Waals surface area contributed by atoms with Crippen LogP contribution in [0, 0.1) is 10.1 Å². The van der Waals surface area contributed by atoms with E-state index >= 15 is 0 Å². The Kier molecular flexibility index (Phi) is 1.68. The predicted octanol–water partition coefficient (Wildman–Crippen LogP) is 0.547. The Bertz CT molecular complexity index is 218. The van der Waals surface area contributed by atoms with Crippen molar-refractivity contribution in [3.63, 3.8) is 0 Å². The van der Waals surface area contributed by atoms with Gasteiger partial charge in [0.2, 0.25) is 5.76 Å². The molecule has 0 aliphatic heterocycles. The average molecular weight is 143 g/mol. The first-order chi connectivity index (χ1) is 4.72. The van der Waals surface area contributed by atoms with E-state index in [2.05, 4.69) is 4.42 Å². The first kappa shape index (κ1) is 6.76. The smallest absolute Gasteiger partial charge is 0.371 e. The lowest BCUT2D eigenvalue weighted by Crippen LogP contribution is -2.07. The van der Waals surface area contributed by atoms with Crippen LogP contribution in [0.25, 0.3) is 0 Å². The van der Waals surface area contributed by atoms with Gasteiger partial charge in [-0.05, 0) is 12.1 Å². The highest BCUT2D eigenvalue weighted by molar-refractivity contribution is 4.98. The summed E-state index contributed by atoms with van der Waals surface area (Å²) in [5, 5.41) is 18.6. The summed E-state index contributed by atoms with van der Waals surface area (Å²) < 4.78 is 4.56. The van der Waals surface area contributed by atoms with Crippen LogP contribution >= 0.6 is 0 Å². The van der Waals surface area contributed by atoms with E-state index < -0.39 is 11.2 Å². The number of furan rings is 1. The quantitative estimate of drug-likeness (QED) is 0.372. The largest absolute Gasteiger partial charge is 0.459 e. The van der Waals surface area contributed by atoms with Crippen LogP contribution in [-0.4, -0.2) is 10.0 Å². The monoisotopic (exact) mass is 143 g/mol. The molecule has 0 fully saturated rings. The summed E-state index contributed by atoms with van der Waals surface area (Å²) in [4.78, 5) is 9.06. The maximum Gasteiger partial charge on any atom is 0.371 e. The van der Waals surface area contributed by atoms with Crippen LogP contribution in [0.1, 0.15) is 12.0 Å². The summed E-state index contributed by atoms with van der Waals surface area (Å²) in [6.07, 6.45) is -0.475. The highest BCUT2D eigenvalue weighted by atomic mass is 16.7. The summed E-state index contributed by atoms with van der Waals surface area (Å²) >= 11 is 0. The van der Waals surface area contributed by atoms with Crippen molar-refractivity contribution in [1.29, 1.82) is 0 Å². The molecular weight excluding hydrogens is 138 g/mol. The first-order valence-corrected chi connectivity index (χ1v) is 2.57. The molecule has 0 aliphatic rings. The summed E-state index contributed by atoms with van der Waals surface area (Å²) in [5.74, 6) is -0.0509. The molecule has 0 saturated heterocycles. The lowest BCUT2D eigenvalue weighted by molar-refractivity contribution is -0.581. The summed E-state index contributed by atoms with van der Waals surface area (Å²) in [6.45, 7) is 0. The number of nitro groups is 1. The van der Waals surface area contributed by atoms with Crippen molar-refractivity contribution in [2.45, 2.75) is 6.23 Å². The molecule has 0 bridgehead atoms. The summed E-state index contributed by atoms with van der Waals surface area (Å²) in [6, 6.07) is 2.82. The van der Waals surface area contributed by atoms with Crippen molar-refractivity contribution in [2.24, 2.45) is 0 Å². The zero-order valence-electron chi connectivity index (χ0n) is 4.93. The summed E-state index contributed by atoms with van der Waals surface area (Å²) in [5.41, 5.74) is 0. The van der Waals surface area contributed by atoms with E-state index in [1.807, 2.05) is 0 Å². The molecule has 1 unspecified atom stereocenters. The minimum absolute atomic E-state index is 0.0509. The fourth-order valence-corrected chi connectivity index (χ4v) is 0.542. The van der Waals surface area contributed by atoms with Crippen molar-refractivity contribution < 1.29 is 14.4 Å². The molecular formula is C5H5NO4. The van der Waals surface area contributed by atoms with Gasteiger partial charge < -0.3 is 9.52 Å². The molecule has 0 spiro atoms. The zero-order chi connectivity index (χ0) is 7.56. The lowest BCUT2D eigenvalue weighted by Gasteiger charge is -1.95. The van der Waals surface area contributed by atoms with Crippen LogP contribution in [0.5, 0.6) is 0 Å². The van der Waals surface area contributed by atoms with Crippen molar-refractivity contribution in [3.8, 4) is 0 Å². The minimum atomic E-state index is -1.74. The average Bonchev–Trinajstić information content (AvgIpc) is 2.36. The van der Waals surface area contributed by atoms with Gasteiger partial charge in [0.15, 0.2) is 0 Å². The molecule has 0 amide bonds. The second-order valence-corrected chi connectivity index (χ2v) is 1.67. The summed E-state index contributed by atoms with van der Waals surface area (Å²) in [7, 11) is 0. The molecule has 1 aromatic rings. The maximum absolute atomic E-state index is 9.89. The fourth-order valence-electron chi connectivity index (χ4n) is 0.542. The van der Waals surface area contributed by atoms with E-state index in [0.717, 1.165) is 0 Å². The Morgan fingerprint density at radius 2 is 2.50 bits per heavy atom. The Morgan fingerprint density at radius 1 is 1.80 bits per heavy atom. The van der Waals surface area contributed by atoms with Crippen LogP contribution in [0.2, 0.25) is 0 Å². The molecule has 1 rings (SSSR count). The van der Waals surface area contributed by atoms with Crippen LogP contribution in [0.4, 0.5) is 0 Å². The molecule has 0 saturated carbocycles. The van der Waals surface area contributed by atoms with Gasteiger partial charge in [-0.2, -0.15) is 0 Å². The molecule has 1 N–H and O–H groups in total. The normalized spacial score (nSPS) is 12.9. The second kappa shape index (κ2) is 2.49. The third kappa shape index (κ3) is 1.14. The first-order valence-electron chi connectivity index (χ1n) is 2.57. The van der Waals surface area contributed by atoms with Crippen LogP contribution in [-0.2, 0) is 0 Å². The number of nitrogens with zero attached hydrogens (tertiary/aromatic N) is 1. The van der Waals surface area contributed by atoms with Crippen molar-refractivity contribution >= 4 is 0 Å². The van der Waals surface area contributed by atoms with E-state index in [0.29, 0.717) is 0 Å². The third-order valence-electron chi connectivity index (χ3n) is 0.997. The zero-order valence-corrected chi connectivity index (χ0v) is 4.93. The second-order valence-electron chi connectivity index (χ2n) is 1.67. The number of hydrogen-bond donors (Lipinski definition) is 1. The molecule has 0 aliphatic carbocycles. The number of aliphatic hydroxyl groups excluding tert-OH is 1. The Morgan fingerprint density at radius 3 is 2.90 bits per heavy atom. The predicted molar refractivity (Wildman–Crippen MR) is 30.7 cm³/mol. The molecule has 1 atom stereocenters. The molecule has 5 nitrogen and oxygen atoms in total. The Hall–Kier alpha value is -1.36. The van der Waals surface area contributed by atoms with Gasteiger partial charge in [-0.15, -0.1) is 0 Å². The van der Waals surface area contributed by atoms with Gasteiger partial charge in [-0.25, -0.2) is 0 Å². The van der Waals surface area contributed by atoms with Crippen LogP contribution in [0.15, 0.2) is 22.8 Å². The van der Waals surface area contributed by atoms with E-state index in [9.17, 15) is 10.1 Å². The number of rotatable bonds is 2. The SMILES string of the molecule is O=[N+]([O-])C(O)c1ccco1. The van der Waals surface area contributed by atoms with Gasteiger partial charge in [0.1, 0.15) is 0 Å². The van der Waals surface area contributed by atoms with Crippen molar-refractivity contribution in [2.75, 3.05) is 0 Å². The Balaban J connectivity index is 2.77. The standard InChI is InChI=1S/C5H5NO4/c7-5(6(8)9)4-2-1-3-10-4/h1-3,5,7H. The Labute approximate surface area is 56.0 Å². The fraction of sp³-hybridized carbons (Fsp3) is 0.200. The highest BCUT2D eigenvalue weighted by Crippen LogP contribution is 2.12. The van der Waals surface area contributed by atoms with Gasteiger partial charge in [0.05, 0.1) is 11.2 Å². The molecule has 5 heteroatoms. The highest BCUT2D eigenvalue weighted by Gasteiger charge is 2.20. The van der Waals surface area contributed by atoms with Gasteiger partial charge in [0.25, 0.3) is 0 Å². The lowest BCUT2D eigenvalue weighted by atomic mass is 10.4. The topological polar surface area (TPSA) is 76.5 Å². The van der Waals surface area contributed by atoms with Gasteiger partial charge in [0, 0.05) is 0 Å². The molecule has 1 aromatic heterocycles. The van der Waals surface area contributed by atoms with Gasteiger partial charge in [-0.3, -0.25) is 10.1 Å². The molecule has 10 heavy (non-hydrogen) atoms. The van der Waals surface area contributed by atoms with E-state index in [1.165, 1.54) is 18.4 Å².